The molecule has 0 heterocycles. The van der Waals surface area contributed by atoms with Crippen molar-refractivity contribution < 1.29 is 9.90 Å². The van der Waals surface area contributed by atoms with Gasteiger partial charge in [-0.25, -0.2) is 0 Å². The number of carboxylic acids is 1. The van der Waals surface area contributed by atoms with E-state index < -0.39 is 5.97 Å². The minimum absolute atomic E-state index is 0.222. The lowest BCUT2D eigenvalue weighted by molar-refractivity contribution is -0.136. The molecule has 16 heavy (non-hydrogen) atoms. The summed E-state index contributed by atoms with van der Waals surface area (Å²) in [5.74, 6) is -0.0267. The van der Waals surface area contributed by atoms with Crippen molar-refractivity contribution in [1.29, 1.82) is 0 Å². The van der Waals surface area contributed by atoms with E-state index in [2.05, 4.69) is 26.0 Å². The number of hydrogen-bond acceptors (Lipinski definition) is 1. The van der Waals surface area contributed by atoms with Crippen molar-refractivity contribution in [2.24, 2.45) is 5.92 Å². The van der Waals surface area contributed by atoms with Crippen LogP contribution in [0.5, 0.6) is 0 Å². The Kier molecular flexibility index (Phi) is 7.65. The molecule has 0 fully saturated rings. The number of benzene rings is 1. The Bertz CT molecular complexity index is 304. The number of carbonyl (C=O) groups is 1. The maximum Gasteiger partial charge on any atom is 0.303 e. The minimum atomic E-state index is -0.745. The zero-order valence-corrected chi connectivity index (χ0v) is 10.8. The molecule has 0 bridgehead atoms. The second kappa shape index (κ2) is 8.17. The molecule has 90 valence electrons. The molecule has 0 atom stereocenters. The topological polar surface area (TPSA) is 37.3 Å². The van der Waals surface area contributed by atoms with E-state index in [-0.39, 0.29) is 6.42 Å². The van der Waals surface area contributed by atoms with Crippen LogP contribution in [-0.2, 0) is 11.2 Å². The molecule has 1 N–H and O–H groups in total. The van der Waals surface area contributed by atoms with Crippen LogP contribution < -0.4 is 0 Å². The summed E-state index contributed by atoms with van der Waals surface area (Å²) in [5, 5.41) is 8.54. The third-order valence-electron chi connectivity index (χ3n) is 1.86. The molecule has 0 aliphatic rings. The molecule has 0 radical (unpaired) electrons. The molecule has 1 aromatic rings. The maximum absolute atomic E-state index is 9.37. The number of rotatable bonds is 3. The van der Waals surface area contributed by atoms with E-state index in [4.69, 9.17) is 16.7 Å². The summed E-state index contributed by atoms with van der Waals surface area (Å²) in [7, 11) is 0. The molecular formula is C13H19ClO2. The first-order valence-corrected chi connectivity index (χ1v) is 5.79. The molecule has 0 aromatic heterocycles. The molecule has 0 saturated heterocycles. The molecule has 0 unspecified atom stereocenters. The van der Waals surface area contributed by atoms with E-state index in [0.29, 0.717) is 0 Å². The van der Waals surface area contributed by atoms with E-state index in [9.17, 15) is 4.79 Å². The summed E-state index contributed by atoms with van der Waals surface area (Å²) < 4.78 is 0. The van der Waals surface area contributed by atoms with Crippen LogP contribution in [0.2, 0.25) is 5.02 Å². The third-order valence-corrected chi connectivity index (χ3v) is 2.11. The summed E-state index contributed by atoms with van der Waals surface area (Å²) in [4.78, 5) is 9.37. The molecular weight excluding hydrogens is 224 g/mol. The van der Waals surface area contributed by atoms with E-state index in [1.54, 1.807) is 6.92 Å². The van der Waals surface area contributed by atoms with Crippen LogP contribution in [0.4, 0.5) is 0 Å². The van der Waals surface area contributed by atoms with Crippen molar-refractivity contribution in [2.75, 3.05) is 0 Å². The smallest absolute Gasteiger partial charge is 0.303 e. The fourth-order valence-electron chi connectivity index (χ4n) is 1.09. The second-order valence-corrected chi connectivity index (χ2v) is 4.41. The highest BCUT2D eigenvalue weighted by Crippen LogP contribution is 2.12. The van der Waals surface area contributed by atoms with Crippen molar-refractivity contribution in [1.82, 2.24) is 0 Å². The number of hydrogen-bond donors (Lipinski definition) is 1. The molecule has 2 nitrogen and oxygen atoms in total. The lowest BCUT2D eigenvalue weighted by atomic mass is 10.0. The van der Waals surface area contributed by atoms with Crippen molar-refractivity contribution >= 4 is 17.6 Å². The van der Waals surface area contributed by atoms with Crippen LogP contribution in [0.25, 0.3) is 0 Å². The van der Waals surface area contributed by atoms with Gasteiger partial charge in [-0.2, -0.15) is 0 Å². The van der Waals surface area contributed by atoms with Gasteiger partial charge < -0.3 is 5.11 Å². The van der Waals surface area contributed by atoms with E-state index in [1.165, 1.54) is 5.56 Å². The Morgan fingerprint density at radius 3 is 2.06 bits per heavy atom. The normalized spacial score (nSPS) is 9.56. The average Bonchev–Trinajstić information content (AvgIpc) is 2.22. The van der Waals surface area contributed by atoms with Crippen LogP contribution in [0.1, 0.15) is 32.8 Å². The first-order chi connectivity index (χ1) is 7.45. The zero-order valence-electron chi connectivity index (χ0n) is 10.0. The fourth-order valence-corrected chi connectivity index (χ4v) is 1.22. The van der Waals surface area contributed by atoms with Crippen molar-refractivity contribution in [3.05, 3.63) is 34.9 Å². The summed E-state index contributed by atoms with van der Waals surface area (Å²) >= 11 is 5.75. The average molecular weight is 243 g/mol. The van der Waals surface area contributed by atoms with Gasteiger partial charge in [-0.1, -0.05) is 44.5 Å². The van der Waals surface area contributed by atoms with Crippen LogP contribution in [0.15, 0.2) is 24.3 Å². The quantitative estimate of drug-likeness (QED) is 0.869. The third kappa shape index (κ3) is 8.30. The van der Waals surface area contributed by atoms with Gasteiger partial charge >= 0.3 is 5.97 Å². The van der Waals surface area contributed by atoms with Gasteiger partial charge in [0, 0.05) is 11.4 Å². The van der Waals surface area contributed by atoms with Crippen molar-refractivity contribution in [3.63, 3.8) is 0 Å². The zero-order chi connectivity index (χ0) is 12.6. The first kappa shape index (κ1) is 15.0. The monoisotopic (exact) mass is 242 g/mol. The van der Waals surface area contributed by atoms with Crippen LogP contribution in [-0.4, -0.2) is 11.1 Å². The largest absolute Gasteiger partial charge is 0.481 e. The summed E-state index contributed by atoms with van der Waals surface area (Å²) in [6.07, 6.45) is 1.36. The van der Waals surface area contributed by atoms with Crippen LogP contribution in [0.3, 0.4) is 0 Å². The lowest BCUT2D eigenvalue weighted by Crippen LogP contribution is -1.92. The molecule has 1 rings (SSSR count). The fraction of sp³-hybridized carbons (Fsp3) is 0.462. The predicted molar refractivity (Wildman–Crippen MR) is 67.9 cm³/mol. The molecule has 0 aliphatic carbocycles. The Morgan fingerprint density at radius 1 is 1.31 bits per heavy atom. The number of halogens is 1. The minimum Gasteiger partial charge on any atom is -0.481 e. The molecule has 0 amide bonds. The van der Waals surface area contributed by atoms with Crippen molar-refractivity contribution in [3.8, 4) is 0 Å². The molecule has 0 saturated carbocycles. The van der Waals surface area contributed by atoms with Gasteiger partial charge in [-0.15, -0.1) is 0 Å². The SMILES string of the molecule is CC(C)Cc1ccc(Cl)cc1.CCC(=O)O. The number of carboxylic acid groups (broad SMARTS) is 1. The van der Waals surface area contributed by atoms with E-state index in [0.717, 1.165) is 17.4 Å². The highest BCUT2D eigenvalue weighted by molar-refractivity contribution is 6.30. The summed E-state index contributed by atoms with van der Waals surface area (Å²) in [6.45, 7) is 6.03. The standard InChI is InChI=1S/C10H13Cl.C3H6O2/c1-8(2)7-9-3-5-10(11)6-4-9;1-2-3(4)5/h3-6,8H,7H2,1-2H3;2H2,1H3,(H,4,5). The number of aliphatic carboxylic acids is 1. The highest BCUT2D eigenvalue weighted by Gasteiger charge is 1.96. The van der Waals surface area contributed by atoms with Crippen LogP contribution in [0, 0.1) is 5.92 Å². The Balaban J connectivity index is 0.000000385. The van der Waals surface area contributed by atoms with E-state index >= 15 is 0 Å². The molecule has 1 aromatic carbocycles. The predicted octanol–water partition coefficient (Wildman–Crippen LogP) is 4.02. The second-order valence-electron chi connectivity index (χ2n) is 3.97. The lowest BCUT2D eigenvalue weighted by Gasteiger charge is -2.03. The van der Waals surface area contributed by atoms with Gasteiger partial charge in [0.15, 0.2) is 0 Å². The van der Waals surface area contributed by atoms with Crippen LogP contribution >= 0.6 is 11.6 Å². The highest BCUT2D eigenvalue weighted by atomic mass is 35.5. The Morgan fingerprint density at radius 2 is 1.75 bits per heavy atom. The van der Waals surface area contributed by atoms with Gasteiger partial charge in [0.1, 0.15) is 0 Å². The van der Waals surface area contributed by atoms with Gasteiger partial charge in [0.05, 0.1) is 0 Å². The van der Waals surface area contributed by atoms with E-state index in [1.807, 2.05) is 12.1 Å². The van der Waals surface area contributed by atoms with Crippen molar-refractivity contribution in [2.45, 2.75) is 33.6 Å². The Hall–Kier alpha value is -1.02. The summed E-state index contributed by atoms with van der Waals surface area (Å²) in [6, 6.07) is 8.06. The van der Waals surface area contributed by atoms with Gasteiger partial charge in [-0.05, 0) is 30.0 Å². The summed E-state index contributed by atoms with van der Waals surface area (Å²) in [5.41, 5.74) is 1.37. The Labute approximate surface area is 102 Å². The van der Waals surface area contributed by atoms with Gasteiger partial charge in [-0.3, -0.25) is 4.79 Å². The van der Waals surface area contributed by atoms with Gasteiger partial charge in [0.25, 0.3) is 0 Å². The maximum atomic E-state index is 9.37. The first-order valence-electron chi connectivity index (χ1n) is 5.42. The molecule has 0 aliphatic heterocycles. The molecule has 0 spiro atoms. The molecule has 3 heteroatoms. The van der Waals surface area contributed by atoms with Gasteiger partial charge in [0.2, 0.25) is 0 Å².